The first-order chi connectivity index (χ1) is 18.4. The van der Waals surface area contributed by atoms with Gasteiger partial charge in [-0.2, -0.15) is 4.31 Å². The van der Waals surface area contributed by atoms with E-state index < -0.39 is 10.0 Å². The van der Waals surface area contributed by atoms with Crippen molar-refractivity contribution in [1.82, 2.24) is 14.3 Å². The van der Waals surface area contributed by atoms with Crippen molar-refractivity contribution in [3.8, 4) is 5.75 Å². The number of nitrogens with zero attached hydrogens (tertiary/aromatic N) is 4. The number of rotatable bonds is 12. The van der Waals surface area contributed by atoms with Crippen molar-refractivity contribution in [2.45, 2.75) is 18.4 Å². The van der Waals surface area contributed by atoms with Gasteiger partial charge in [-0.1, -0.05) is 29.6 Å². The lowest BCUT2D eigenvalue weighted by Gasteiger charge is -2.21. The van der Waals surface area contributed by atoms with Crippen molar-refractivity contribution in [3.05, 3.63) is 103 Å². The van der Waals surface area contributed by atoms with Gasteiger partial charge in [-0.25, -0.2) is 13.4 Å². The summed E-state index contributed by atoms with van der Waals surface area (Å²) in [7, 11) is -3.78. The van der Waals surface area contributed by atoms with E-state index in [1.807, 2.05) is 37.3 Å². The van der Waals surface area contributed by atoms with Gasteiger partial charge in [0.15, 0.2) is 5.13 Å². The van der Waals surface area contributed by atoms with Crippen molar-refractivity contribution in [1.29, 1.82) is 0 Å². The maximum absolute atomic E-state index is 13.8. The van der Waals surface area contributed by atoms with Gasteiger partial charge in [-0.3, -0.25) is 14.7 Å². The van der Waals surface area contributed by atoms with Crippen molar-refractivity contribution in [2.75, 3.05) is 24.6 Å². The second-order valence-corrected chi connectivity index (χ2v) is 11.2. The van der Waals surface area contributed by atoms with E-state index in [-0.39, 0.29) is 30.4 Å². The molecule has 0 aliphatic heterocycles. The molecule has 0 fully saturated rings. The van der Waals surface area contributed by atoms with E-state index in [9.17, 15) is 13.2 Å². The largest absolute Gasteiger partial charge is 0.494 e. The highest BCUT2D eigenvalue weighted by molar-refractivity contribution is 7.89. The molecule has 8 nitrogen and oxygen atoms in total. The summed E-state index contributed by atoms with van der Waals surface area (Å²) < 4.78 is 33.9. The van der Waals surface area contributed by atoms with Gasteiger partial charge in [0, 0.05) is 31.0 Å². The molecule has 0 radical (unpaired) electrons. The highest BCUT2D eigenvalue weighted by atomic mass is 32.2. The van der Waals surface area contributed by atoms with Crippen LogP contribution in [0.3, 0.4) is 0 Å². The smallest absolute Gasteiger partial charge is 0.260 e. The molecule has 4 rings (SSSR count). The average Bonchev–Trinajstić information content (AvgIpc) is 3.35. The summed E-state index contributed by atoms with van der Waals surface area (Å²) in [4.78, 5) is 24.3. The van der Waals surface area contributed by atoms with E-state index >= 15 is 0 Å². The zero-order chi connectivity index (χ0) is 27.1. The topological polar surface area (TPSA) is 92.7 Å². The lowest BCUT2D eigenvalue weighted by molar-refractivity contribution is 0.0985. The van der Waals surface area contributed by atoms with Crippen LogP contribution >= 0.6 is 11.3 Å². The first-order valence-electron chi connectivity index (χ1n) is 11.9. The van der Waals surface area contributed by atoms with Gasteiger partial charge in [0.05, 0.1) is 28.3 Å². The van der Waals surface area contributed by atoms with Crippen molar-refractivity contribution < 1.29 is 17.9 Å². The van der Waals surface area contributed by atoms with Crippen molar-refractivity contribution in [2.24, 2.45) is 0 Å². The van der Waals surface area contributed by atoms with Crippen LogP contribution in [-0.4, -0.2) is 48.3 Å². The number of fused-ring (bicyclic) bond motifs is 1. The Labute approximate surface area is 226 Å². The first-order valence-corrected chi connectivity index (χ1v) is 14.2. The Balaban J connectivity index is 1.68. The lowest BCUT2D eigenvalue weighted by Crippen LogP contribution is -2.32. The summed E-state index contributed by atoms with van der Waals surface area (Å²) >= 11 is 1.38. The predicted molar refractivity (Wildman–Crippen MR) is 151 cm³/mol. The van der Waals surface area contributed by atoms with Gasteiger partial charge in [-0.15, -0.1) is 13.2 Å². The second kappa shape index (κ2) is 12.1. The van der Waals surface area contributed by atoms with Crippen LogP contribution in [0.15, 0.2) is 97.2 Å². The maximum Gasteiger partial charge on any atom is 0.260 e. The molecule has 0 aliphatic rings. The number of anilines is 1. The molecule has 4 aromatic rings. The van der Waals surface area contributed by atoms with Crippen molar-refractivity contribution >= 4 is 42.6 Å². The molecule has 0 saturated heterocycles. The molecule has 38 heavy (non-hydrogen) atoms. The number of amides is 1. The number of aromatic nitrogens is 2. The Morgan fingerprint density at radius 1 is 1.08 bits per heavy atom. The Hall–Kier alpha value is -3.86. The minimum atomic E-state index is -3.78. The van der Waals surface area contributed by atoms with Gasteiger partial charge in [0.25, 0.3) is 5.91 Å². The van der Waals surface area contributed by atoms with E-state index in [4.69, 9.17) is 9.72 Å². The Bertz CT molecular complexity index is 1520. The van der Waals surface area contributed by atoms with Gasteiger partial charge in [-0.05, 0) is 61.0 Å². The number of sulfonamides is 1. The molecule has 1 amide bonds. The van der Waals surface area contributed by atoms with E-state index in [0.717, 1.165) is 21.5 Å². The number of carbonyl (C=O) groups excluding carboxylic acids is 1. The van der Waals surface area contributed by atoms with Crippen LogP contribution in [0.25, 0.3) is 10.2 Å². The molecule has 0 N–H and O–H groups in total. The number of pyridine rings is 1. The normalized spacial score (nSPS) is 11.4. The molecule has 196 valence electrons. The van der Waals surface area contributed by atoms with Crippen LogP contribution in [-0.2, 0) is 16.6 Å². The molecule has 0 unspecified atom stereocenters. The quantitative estimate of drug-likeness (QED) is 0.223. The van der Waals surface area contributed by atoms with Gasteiger partial charge in [0.2, 0.25) is 10.0 Å². The third kappa shape index (κ3) is 5.99. The van der Waals surface area contributed by atoms with E-state index in [1.54, 1.807) is 17.3 Å². The van der Waals surface area contributed by atoms with Crippen LogP contribution in [0.4, 0.5) is 5.13 Å². The van der Waals surface area contributed by atoms with Gasteiger partial charge < -0.3 is 4.74 Å². The number of ether oxygens (including phenoxy) is 1. The van der Waals surface area contributed by atoms with Gasteiger partial charge in [0.1, 0.15) is 5.75 Å². The average molecular weight is 549 g/mol. The van der Waals surface area contributed by atoms with E-state index in [1.165, 1.54) is 52.1 Å². The molecular weight excluding hydrogens is 520 g/mol. The zero-order valence-electron chi connectivity index (χ0n) is 21.0. The highest BCUT2D eigenvalue weighted by Crippen LogP contribution is 2.33. The molecule has 0 aliphatic carbocycles. The summed E-state index contributed by atoms with van der Waals surface area (Å²) in [5.41, 5.74) is 1.92. The fourth-order valence-corrected chi connectivity index (χ4v) is 6.17. The molecule has 0 atom stereocenters. The summed E-state index contributed by atoms with van der Waals surface area (Å²) in [6.45, 7) is 10.3. The summed E-state index contributed by atoms with van der Waals surface area (Å²) in [6.07, 6.45) is 6.41. The molecule has 2 aromatic heterocycles. The van der Waals surface area contributed by atoms with Crippen LogP contribution in [0, 0.1) is 0 Å². The third-order valence-electron chi connectivity index (χ3n) is 5.60. The van der Waals surface area contributed by atoms with Crippen LogP contribution < -0.4 is 9.64 Å². The minimum Gasteiger partial charge on any atom is -0.494 e. The number of carbonyl (C=O) groups is 1. The van der Waals surface area contributed by atoms with E-state index in [2.05, 4.69) is 18.1 Å². The number of benzene rings is 2. The molecule has 0 saturated carbocycles. The highest BCUT2D eigenvalue weighted by Gasteiger charge is 2.25. The van der Waals surface area contributed by atoms with E-state index in [0.29, 0.717) is 17.3 Å². The predicted octanol–water partition coefficient (Wildman–Crippen LogP) is 5.30. The SMILES string of the molecule is C=CCN(CC=C)S(=O)(=O)c1ccc(C(=O)N(Cc2cccnc2)c2nc3ccc(OCC)cc3s2)cc1. The number of thiazole rings is 1. The molecule has 0 spiro atoms. The Morgan fingerprint density at radius 2 is 1.82 bits per heavy atom. The zero-order valence-corrected chi connectivity index (χ0v) is 22.6. The second-order valence-electron chi connectivity index (χ2n) is 8.24. The van der Waals surface area contributed by atoms with Crippen molar-refractivity contribution in [3.63, 3.8) is 0 Å². The lowest BCUT2D eigenvalue weighted by atomic mass is 10.2. The van der Waals surface area contributed by atoms with Crippen LogP contribution in [0.2, 0.25) is 0 Å². The molecule has 2 aromatic carbocycles. The summed E-state index contributed by atoms with van der Waals surface area (Å²) in [5.74, 6) is 0.426. The molecule has 10 heteroatoms. The maximum atomic E-state index is 13.8. The molecule has 2 heterocycles. The van der Waals surface area contributed by atoms with Crippen LogP contribution in [0.5, 0.6) is 5.75 Å². The molecular formula is C28H28N4O4S2. The number of hydrogen-bond acceptors (Lipinski definition) is 7. The Morgan fingerprint density at radius 3 is 2.45 bits per heavy atom. The number of hydrogen-bond donors (Lipinski definition) is 0. The minimum absolute atomic E-state index is 0.0833. The standard InChI is InChI=1S/C28H28N4O4S2/c1-4-16-31(17-5-2)38(34,35)24-12-9-22(10-13-24)27(33)32(20-21-8-7-15-29-19-21)28-30-25-14-11-23(36-6-3)18-26(25)37-28/h4-5,7-15,18-19H,1-2,6,16-17,20H2,3H3. The first kappa shape index (κ1) is 27.2. The Kier molecular flexibility index (Phi) is 8.67. The third-order valence-corrected chi connectivity index (χ3v) is 8.49. The molecule has 0 bridgehead atoms. The monoisotopic (exact) mass is 548 g/mol. The fourth-order valence-electron chi connectivity index (χ4n) is 3.80. The van der Waals surface area contributed by atoms with Crippen LogP contribution in [0.1, 0.15) is 22.8 Å². The fraction of sp³-hybridized carbons (Fsp3) is 0.179. The summed E-state index contributed by atoms with van der Waals surface area (Å²) in [5, 5.41) is 0.516. The van der Waals surface area contributed by atoms with Gasteiger partial charge >= 0.3 is 0 Å². The summed E-state index contributed by atoms with van der Waals surface area (Å²) in [6, 6.07) is 15.2.